The van der Waals surface area contributed by atoms with Crippen LogP contribution in [0, 0.1) is 5.92 Å². The van der Waals surface area contributed by atoms with Gasteiger partial charge in [-0.3, -0.25) is 4.98 Å². The number of aliphatic imine (C=N–C) groups is 1. The number of fused-ring (bicyclic) bond motifs is 2. The number of rotatable bonds is 5. The van der Waals surface area contributed by atoms with E-state index in [1.165, 1.54) is 0 Å². The largest absolute Gasteiger partial charge is 0.480 e. The molecular formula is C21H19ClFN5O2. The van der Waals surface area contributed by atoms with Crippen LogP contribution in [0.3, 0.4) is 0 Å². The molecule has 0 saturated heterocycles. The van der Waals surface area contributed by atoms with Crippen molar-refractivity contribution in [2.24, 2.45) is 16.6 Å². The molecule has 3 heterocycles. The van der Waals surface area contributed by atoms with Crippen molar-refractivity contribution < 1.29 is 13.9 Å². The van der Waals surface area contributed by atoms with Crippen LogP contribution in [0.4, 0.5) is 4.39 Å². The topological polar surface area (TPSA) is 95.5 Å². The van der Waals surface area contributed by atoms with Crippen LogP contribution in [0.1, 0.15) is 23.2 Å². The number of nitrogens with zero attached hydrogens (tertiary/aromatic N) is 4. The maximum atomic E-state index is 14.4. The highest BCUT2D eigenvalue weighted by atomic mass is 35.5. The number of methoxy groups -OCH3 is 1. The Morgan fingerprint density at radius 1 is 1.33 bits per heavy atom. The summed E-state index contributed by atoms with van der Waals surface area (Å²) in [5.41, 5.74) is 8.38. The molecule has 0 bridgehead atoms. The summed E-state index contributed by atoms with van der Waals surface area (Å²) >= 11 is 6.49. The van der Waals surface area contributed by atoms with Gasteiger partial charge in [0.05, 0.1) is 24.5 Å². The smallest absolute Gasteiger partial charge is 0.283 e. The number of ether oxygens (including phenoxy) is 2. The maximum absolute atomic E-state index is 14.4. The highest BCUT2D eigenvalue weighted by molar-refractivity contribution is 6.31. The van der Waals surface area contributed by atoms with Crippen molar-refractivity contribution >= 4 is 28.7 Å². The first-order valence-corrected chi connectivity index (χ1v) is 9.93. The number of nitrogens with two attached hydrogens (primary N) is 1. The van der Waals surface area contributed by atoms with Crippen LogP contribution >= 0.6 is 11.6 Å². The Morgan fingerprint density at radius 2 is 2.20 bits per heavy atom. The van der Waals surface area contributed by atoms with E-state index in [9.17, 15) is 4.39 Å². The van der Waals surface area contributed by atoms with Crippen molar-refractivity contribution in [1.29, 1.82) is 0 Å². The molecular weight excluding hydrogens is 409 g/mol. The van der Waals surface area contributed by atoms with Gasteiger partial charge in [0.2, 0.25) is 5.88 Å². The summed E-state index contributed by atoms with van der Waals surface area (Å²) in [5, 5.41) is 0.455. The zero-order valence-corrected chi connectivity index (χ0v) is 16.9. The molecule has 5 rings (SSSR count). The minimum atomic E-state index is -1.11. The fourth-order valence-corrected chi connectivity index (χ4v) is 4.43. The number of halogens is 2. The van der Waals surface area contributed by atoms with E-state index in [1.807, 2.05) is 12.1 Å². The lowest BCUT2D eigenvalue weighted by Crippen LogP contribution is -2.39. The lowest BCUT2D eigenvalue weighted by molar-refractivity contribution is 0.171. The Hall–Kier alpha value is -3.00. The van der Waals surface area contributed by atoms with Gasteiger partial charge < -0.3 is 15.2 Å². The van der Waals surface area contributed by atoms with Crippen molar-refractivity contribution in [2.75, 3.05) is 13.8 Å². The molecule has 0 spiro atoms. The quantitative estimate of drug-likeness (QED) is 0.671. The Bertz CT molecular complexity index is 1170. The normalized spacial score (nSPS) is 24.7. The van der Waals surface area contributed by atoms with Crippen molar-refractivity contribution in [1.82, 2.24) is 15.0 Å². The molecule has 2 aromatic heterocycles. The molecule has 0 radical (unpaired) electrons. The van der Waals surface area contributed by atoms with Crippen LogP contribution in [-0.4, -0.2) is 40.9 Å². The third-order valence-corrected chi connectivity index (χ3v) is 6.05. The summed E-state index contributed by atoms with van der Waals surface area (Å²) in [5.74, 6) is 0.365. The summed E-state index contributed by atoms with van der Waals surface area (Å²) in [4.78, 5) is 17.7. The fourth-order valence-electron chi connectivity index (χ4n) is 4.15. The van der Waals surface area contributed by atoms with E-state index >= 15 is 0 Å². The second-order valence-electron chi connectivity index (χ2n) is 7.54. The van der Waals surface area contributed by atoms with Gasteiger partial charge in [-0.15, -0.1) is 0 Å². The monoisotopic (exact) mass is 427 g/mol. The molecule has 30 heavy (non-hydrogen) atoms. The number of benzene rings is 1. The Kier molecular flexibility index (Phi) is 4.47. The Morgan fingerprint density at radius 3 is 3.00 bits per heavy atom. The predicted octanol–water partition coefficient (Wildman–Crippen LogP) is 3.18. The molecule has 154 valence electrons. The summed E-state index contributed by atoms with van der Waals surface area (Å²) in [6.45, 7) is -0.695. The Labute approximate surface area is 177 Å². The van der Waals surface area contributed by atoms with Gasteiger partial charge in [0.1, 0.15) is 23.8 Å². The number of amidine groups is 1. The minimum absolute atomic E-state index is 0.00723. The first kappa shape index (κ1) is 19.0. The molecule has 0 unspecified atom stereocenters. The Balaban J connectivity index is 1.55. The fraction of sp³-hybridized carbons (Fsp3) is 0.333. The molecule has 3 atom stereocenters. The van der Waals surface area contributed by atoms with E-state index in [-0.39, 0.29) is 18.0 Å². The highest BCUT2D eigenvalue weighted by Gasteiger charge is 2.59. The third kappa shape index (κ3) is 3.02. The molecule has 0 amide bonds. The lowest BCUT2D eigenvalue weighted by Gasteiger charge is -2.32. The first-order chi connectivity index (χ1) is 14.5. The zero-order valence-electron chi connectivity index (χ0n) is 16.2. The van der Waals surface area contributed by atoms with E-state index < -0.39 is 12.2 Å². The number of hydrogen-bond donors (Lipinski definition) is 1. The van der Waals surface area contributed by atoms with Crippen LogP contribution in [0.25, 0.3) is 11.0 Å². The second kappa shape index (κ2) is 7.05. The molecule has 1 aliphatic carbocycles. The van der Waals surface area contributed by atoms with E-state index in [0.717, 1.165) is 11.3 Å². The average molecular weight is 428 g/mol. The van der Waals surface area contributed by atoms with Crippen LogP contribution in [0.15, 0.2) is 41.7 Å². The van der Waals surface area contributed by atoms with E-state index in [1.54, 1.807) is 31.6 Å². The van der Waals surface area contributed by atoms with Crippen LogP contribution < -0.4 is 10.5 Å². The minimum Gasteiger partial charge on any atom is -0.480 e. The van der Waals surface area contributed by atoms with Crippen molar-refractivity contribution in [2.45, 2.75) is 24.5 Å². The van der Waals surface area contributed by atoms with E-state index in [2.05, 4.69) is 19.9 Å². The van der Waals surface area contributed by atoms with Crippen molar-refractivity contribution in [3.63, 3.8) is 0 Å². The summed E-state index contributed by atoms with van der Waals surface area (Å²) in [6.07, 6.45) is 4.32. The lowest BCUT2D eigenvalue weighted by atomic mass is 9.84. The van der Waals surface area contributed by atoms with Gasteiger partial charge >= 0.3 is 0 Å². The standard InChI is InChI=1S/C21H19ClFN5O2/c1-29-18-9-26-19-15(27-18)4-5-25-16(19)7-11-2-3-14(22)12(6-11)21(10-23)13-8-17(13)30-20(24)28-21/h2-6,9,13,17H,7-8,10H2,1H3,(H2,24,28)/t13-,17+,21+/m0/s1. The van der Waals surface area contributed by atoms with Gasteiger partial charge in [-0.05, 0) is 24.1 Å². The number of alkyl halides is 1. The SMILES string of the molecule is COc1cnc2c(Cc3ccc(Cl)c([C@@]4(CF)N=C(N)O[C@@H]5C[C@@H]54)c3)nccc2n1. The van der Waals surface area contributed by atoms with Crippen LogP contribution in [0.5, 0.6) is 5.88 Å². The predicted molar refractivity (Wildman–Crippen MR) is 110 cm³/mol. The molecule has 2 aliphatic rings. The van der Waals surface area contributed by atoms with Gasteiger partial charge in [-0.25, -0.2) is 19.4 Å². The van der Waals surface area contributed by atoms with Gasteiger partial charge in [-0.2, -0.15) is 0 Å². The molecule has 2 N–H and O–H groups in total. The van der Waals surface area contributed by atoms with Gasteiger partial charge in [-0.1, -0.05) is 23.7 Å². The summed E-state index contributed by atoms with van der Waals surface area (Å²) < 4.78 is 25.0. The maximum Gasteiger partial charge on any atom is 0.283 e. The molecule has 7 nitrogen and oxygen atoms in total. The third-order valence-electron chi connectivity index (χ3n) is 5.72. The zero-order chi connectivity index (χ0) is 20.9. The van der Waals surface area contributed by atoms with Gasteiger partial charge in [0.25, 0.3) is 6.02 Å². The highest BCUT2D eigenvalue weighted by Crippen LogP contribution is 2.54. The van der Waals surface area contributed by atoms with Crippen molar-refractivity contribution in [3.8, 4) is 5.88 Å². The number of pyridine rings is 1. The number of hydrogen-bond acceptors (Lipinski definition) is 7. The van der Waals surface area contributed by atoms with Gasteiger partial charge in [0.15, 0.2) is 0 Å². The van der Waals surface area contributed by atoms with Crippen LogP contribution in [0.2, 0.25) is 5.02 Å². The second-order valence-corrected chi connectivity index (χ2v) is 7.94. The molecule has 1 aromatic carbocycles. The molecule has 9 heteroatoms. The van der Waals surface area contributed by atoms with Gasteiger partial charge in [0, 0.05) is 29.1 Å². The molecule has 1 aliphatic heterocycles. The average Bonchev–Trinajstić information content (AvgIpc) is 3.54. The molecule has 1 fully saturated rings. The van der Waals surface area contributed by atoms with Crippen molar-refractivity contribution in [3.05, 3.63) is 58.5 Å². The summed E-state index contributed by atoms with van der Waals surface area (Å²) in [6, 6.07) is 7.34. The molecule has 3 aromatic rings. The van der Waals surface area contributed by atoms with Crippen LogP contribution in [-0.2, 0) is 16.7 Å². The van der Waals surface area contributed by atoms with E-state index in [4.69, 9.17) is 26.8 Å². The molecule has 1 saturated carbocycles. The number of aromatic nitrogens is 3. The van der Waals surface area contributed by atoms with E-state index in [0.29, 0.717) is 40.3 Å². The first-order valence-electron chi connectivity index (χ1n) is 9.55. The summed E-state index contributed by atoms with van der Waals surface area (Å²) in [7, 11) is 1.55.